The summed E-state index contributed by atoms with van der Waals surface area (Å²) >= 11 is 0. The SMILES string of the molecule is CCc1c(C=O)c2c(OC)cccc2n1C. The van der Waals surface area contributed by atoms with Gasteiger partial charge in [0.25, 0.3) is 0 Å². The number of carbonyl (C=O) groups is 1. The van der Waals surface area contributed by atoms with Crippen molar-refractivity contribution in [1.82, 2.24) is 4.57 Å². The molecule has 0 atom stereocenters. The second-order valence-electron chi connectivity index (χ2n) is 3.75. The summed E-state index contributed by atoms with van der Waals surface area (Å²) in [7, 11) is 3.61. The van der Waals surface area contributed by atoms with Gasteiger partial charge >= 0.3 is 0 Å². The summed E-state index contributed by atoms with van der Waals surface area (Å²) in [6, 6.07) is 5.83. The largest absolute Gasteiger partial charge is 0.496 e. The Morgan fingerprint density at radius 1 is 1.44 bits per heavy atom. The molecule has 1 aromatic heterocycles. The molecular formula is C13H15NO2. The first kappa shape index (κ1) is 10.7. The molecule has 16 heavy (non-hydrogen) atoms. The van der Waals surface area contributed by atoms with E-state index in [1.54, 1.807) is 7.11 Å². The fourth-order valence-corrected chi connectivity index (χ4v) is 2.26. The highest BCUT2D eigenvalue weighted by Gasteiger charge is 2.16. The van der Waals surface area contributed by atoms with Crippen molar-refractivity contribution in [2.45, 2.75) is 13.3 Å². The molecule has 2 aromatic rings. The first-order valence-corrected chi connectivity index (χ1v) is 5.34. The zero-order valence-corrected chi connectivity index (χ0v) is 9.78. The molecule has 3 nitrogen and oxygen atoms in total. The average molecular weight is 217 g/mol. The average Bonchev–Trinajstić information content (AvgIpc) is 2.61. The Balaban J connectivity index is 2.93. The smallest absolute Gasteiger partial charge is 0.152 e. The van der Waals surface area contributed by atoms with Gasteiger partial charge in [-0.3, -0.25) is 4.79 Å². The quantitative estimate of drug-likeness (QED) is 0.740. The van der Waals surface area contributed by atoms with Crippen LogP contribution < -0.4 is 4.74 Å². The van der Waals surface area contributed by atoms with Crippen molar-refractivity contribution in [1.29, 1.82) is 0 Å². The molecule has 0 amide bonds. The highest BCUT2D eigenvalue weighted by Crippen LogP contribution is 2.32. The molecule has 0 unspecified atom stereocenters. The van der Waals surface area contributed by atoms with Crippen molar-refractivity contribution in [2.75, 3.05) is 7.11 Å². The molecule has 3 heteroatoms. The number of aldehydes is 1. The van der Waals surface area contributed by atoms with E-state index in [0.29, 0.717) is 0 Å². The van der Waals surface area contributed by atoms with Crippen LogP contribution in [0.2, 0.25) is 0 Å². The van der Waals surface area contributed by atoms with Crippen molar-refractivity contribution in [3.05, 3.63) is 29.5 Å². The van der Waals surface area contributed by atoms with Crippen LogP contribution in [0.3, 0.4) is 0 Å². The molecule has 0 aliphatic heterocycles. The summed E-state index contributed by atoms with van der Waals surface area (Å²) in [6.07, 6.45) is 1.76. The number of aromatic nitrogens is 1. The van der Waals surface area contributed by atoms with Gasteiger partial charge in [-0.2, -0.15) is 0 Å². The van der Waals surface area contributed by atoms with E-state index < -0.39 is 0 Å². The van der Waals surface area contributed by atoms with Gasteiger partial charge in [0.15, 0.2) is 6.29 Å². The van der Waals surface area contributed by atoms with Crippen molar-refractivity contribution < 1.29 is 9.53 Å². The van der Waals surface area contributed by atoms with Crippen LogP contribution in [0.5, 0.6) is 5.75 Å². The molecule has 1 aromatic carbocycles. The van der Waals surface area contributed by atoms with Crippen molar-refractivity contribution in [3.63, 3.8) is 0 Å². The van der Waals surface area contributed by atoms with Crippen LogP contribution in [0, 0.1) is 0 Å². The third kappa shape index (κ3) is 1.32. The predicted octanol–water partition coefficient (Wildman–Crippen LogP) is 2.56. The molecule has 0 spiro atoms. The molecule has 2 rings (SSSR count). The zero-order chi connectivity index (χ0) is 11.7. The van der Waals surface area contributed by atoms with Gasteiger partial charge in [0.1, 0.15) is 5.75 Å². The van der Waals surface area contributed by atoms with Crippen molar-refractivity contribution in [3.8, 4) is 5.75 Å². The molecule has 0 aliphatic rings. The van der Waals surface area contributed by atoms with E-state index in [-0.39, 0.29) is 0 Å². The number of methoxy groups -OCH3 is 1. The lowest BCUT2D eigenvalue weighted by Crippen LogP contribution is -1.96. The number of benzene rings is 1. The summed E-state index contributed by atoms with van der Waals surface area (Å²) in [5.41, 5.74) is 2.84. The van der Waals surface area contributed by atoms with Gasteiger partial charge in [0.05, 0.1) is 18.0 Å². The van der Waals surface area contributed by atoms with E-state index in [9.17, 15) is 4.79 Å². The van der Waals surface area contributed by atoms with E-state index in [2.05, 4.69) is 4.57 Å². The molecular weight excluding hydrogens is 202 g/mol. The first-order chi connectivity index (χ1) is 7.74. The number of fused-ring (bicyclic) bond motifs is 1. The first-order valence-electron chi connectivity index (χ1n) is 5.34. The maximum Gasteiger partial charge on any atom is 0.152 e. The summed E-state index contributed by atoms with van der Waals surface area (Å²) in [5.74, 6) is 0.759. The minimum atomic E-state index is 0.748. The second-order valence-corrected chi connectivity index (χ2v) is 3.75. The fourth-order valence-electron chi connectivity index (χ4n) is 2.26. The van der Waals surface area contributed by atoms with Gasteiger partial charge in [0.2, 0.25) is 0 Å². The van der Waals surface area contributed by atoms with Crippen LogP contribution >= 0.6 is 0 Å². The third-order valence-electron chi connectivity index (χ3n) is 3.02. The molecule has 0 aliphatic carbocycles. The van der Waals surface area contributed by atoms with Crippen LogP contribution in [-0.2, 0) is 13.5 Å². The summed E-state index contributed by atoms with van der Waals surface area (Å²) < 4.78 is 7.37. The number of hydrogen-bond acceptors (Lipinski definition) is 2. The van der Waals surface area contributed by atoms with Gasteiger partial charge in [-0.15, -0.1) is 0 Å². The molecule has 0 radical (unpaired) electrons. The minimum Gasteiger partial charge on any atom is -0.496 e. The maximum atomic E-state index is 11.2. The number of nitrogens with zero attached hydrogens (tertiary/aromatic N) is 1. The molecule has 84 valence electrons. The van der Waals surface area contributed by atoms with E-state index >= 15 is 0 Å². The molecule has 0 bridgehead atoms. The Morgan fingerprint density at radius 3 is 2.75 bits per heavy atom. The lowest BCUT2D eigenvalue weighted by atomic mass is 10.1. The van der Waals surface area contributed by atoms with Gasteiger partial charge in [-0.25, -0.2) is 0 Å². The Hall–Kier alpha value is -1.77. The van der Waals surface area contributed by atoms with Gasteiger partial charge in [-0.05, 0) is 18.6 Å². The number of hydrogen-bond donors (Lipinski definition) is 0. The van der Waals surface area contributed by atoms with Crippen molar-refractivity contribution in [2.24, 2.45) is 7.05 Å². The lowest BCUT2D eigenvalue weighted by Gasteiger charge is -2.02. The molecule has 0 saturated heterocycles. The van der Waals surface area contributed by atoms with Crippen LogP contribution in [0.4, 0.5) is 0 Å². The van der Waals surface area contributed by atoms with Crippen LogP contribution in [-0.4, -0.2) is 18.0 Å². The third-order valence-corrected chi connectivity index (χ3v) is 3.02. The monoisotopic (exact) mass is 217 g/mol. The van der Waals surface area contributed by atoms with Crippen LogP contribution in [0.25, 0.3) is 10.9 Å². The lowest BCUT2D eigenvalue weighted by molar-refractivity contribution is 0.112. The van der Waals surface area contributed by atoms with E-state index in [1.807, 2.05) is 32.2 Å². The standard InChI is InChI=1S/C13H15NO2/c1-4-10-9(8-15)13-11(14(10)2)6-5-7-12(13)16-3/h5-8H,4H2,1-3H3. The van der Waals surface area contributed by atoms with E-state index in [1.165, 1.54) is 0 Å². The Bertz CT molecular complexity index is 540. The summed E-state index contributed by atoms with van der Waals surface area (Å²) in [6.45, 7) is 2.05. The number of aryl methyl sites for hydroxylation is 1. The molecule has 0 saturated carbocycles. The highest BCUT2D eigenvalue weighted by atomic mass is 16.5. The van der Waals surface area contributed by atoms with E-state index in [0.717, 1.165) is 40.6 Å². The Kier molecular flexibility index (Phi) is 2.69. The number of ether oxygens (including phenoxy) is 1. The van der Waals surface area contributed by atoms with Gasteiger partial charge in [0, 0.05) is 18.3 Å². The zero-order valence-electron chi connectivity index (χ0n) is 9.78. The topological polar surface area (TPSA) is 31.2 Å². The summed E-state index contributed by atoms with van der Waals surface area (Å²) in [4.78, 5) is 11.2. The molecule has 1 heterocycles. The Labute approximate surface area is 94.6 Å². The molecule has 0 fully saturated rings. The molecule has 0 N–H and O–H groups in total. The van der Waals surface area contributed by atoms with Crippen LogP contribution in [0.1, 0.15) is 23.0 Å². The number of rotatable bonds is 3. The van der Waals surface area contributed by atoms with Gasteiger partial charge in [-0.1, -0.05) is 13.0 Å². The summed E-state index contributed by atoms with van der Waals surface area (Å²) in [5, 5.41) is 0.916. The fraction of sp³-hybridized carbons (Fsp3) is 0.308. The highest BCUT2D eigenvalue weighted by molar-refractivity contribution is 6.02. The normalized spacial score (nSPS) is 10.7. The second kappa shape index (κ2) is 4.00. The van der Waals surface area contributed by atoms with E-state index in [4.69, 9.17) is 4.74 Å². The Morgan fingerprint density at radius 2 is 2.19 bits per heavy atom. The van der Waals surface area contributed by atoms with Crippen LogP contribution in [0.15, 0.2) is 18.2 Å². The predicted molar refractivity (Wildman–Crippen MR) is 64.2 cm³/mol. The van der Waals surface area contributed by atoms with Crippen molar-refractivity contribution >= 4 is 17.2 Å². The number of carbonyl (C=O) groups excluding carboxylic acids is 1. The minimum absolute atomic E-state index is 0.748. The maximum absolute atomic E-state index is 11.2. The van der Waals surface area contributed by atoms with Gasteiger partial charge < -0.3 is 9.30 Å².